The lowest BCUT2D eigenvalue weighted by Gasteiger charge is -1.96. The first-order valence-corrected chi connectivity index (χ1v) is 6.62. The van der Waals surface area contributed by atoms with Gasteiger partial charge < -0.3 is 22.7 Å². The molecule has 1 heterocycles. The first-order valence-electron chi connectivity index (χ1n) is 6.24. The maximum Gasteiger partial charge on any atom is 0.258 e. The van der Waals surface area contributed by atoms with E-state index in [-0.39, 0.29) is 12.4 Å². The van der Waals surface area contributed by atoms with Crippen molar-refractivity contribution in [2.45, 2.75) is 6.54 Å². The largest absolute Gasteiger partial charge is 1.00 e. The molecule has 0 aliphatic heterocycles. The van der Waals surface area contributed by atoms with Crippen LogP contribution in [0, 0.1) is 0 Å². The van der Waals surface area contributed by atoms with Crippen LogP contribution < -0.4 is 18.1 Å². The Morgan fingerprint density at radius 3 is 2.19 bits per heavy atom. The molecule has 0 aliphatic carbocycles. The van der Waals surface area contributed by atoms with Crippen molar-refractivity contribution in [3.63, 3.8) is 0 Å². The molecule has 0 bridgehead atoms. The van der Waals surface area contributed by atoms with Crippen molar-refractivity contribution in [3.8, 4) is 22.8 Å². The van der Waals surface area contributed by atoms with Crippen molar-refractivity contribution in [2.75, 3.05) is 0 Å². The van der Waals surface area contributed by atoms with Crippen LogP contribution in [0.15, 0.2) is 53.1 Å². The minimum atomic E-state index is 0. The normalized spacial score (nSPS) is 10.2. The van der Waals surface area contributed by atoms with Gasteiger partial charge in [0.05, 0.1) is 6.54 Å². The number of halogens is 2. The van der Waals surface area contributed by atoms with Crippen molar-refractivity contribution in [3.05, 3.63) is 59.1 Å². The Morgan fingerprint density at radius 2 is 1.57 bits per heavy atom. The Bertz CT molecular complexity index is 709. The second kappa shape index (κ2) is 6.72. The Hall–Kier alpha value is -1.88. The van der Waals surface area contributed by atoms with Gasteiger partial charge in [0, 0.05) is 21.7 Å². The van der Waals surface area contributed by atoms with Crippen LogP contribution >= 0.6 is 11.6 Å². The Labute approximate surface area is 133 Å². The van der Waals surface area contributed by atoms with Crippen molar-refractivity contribution in [1.29, 1.82) is 0 Å². The zero-order valence-electron chi connectivity index (χ0n) is 11.1. The third kappa shape index (κ3) is 3.42. The van der Waals surface area contributed by atoms with Crippen LogP contribution in [0.1, 0.15) is 5.56 Å². The summed E-state index contributed by atoms with van der Waals surface area (Å²) in [7, 11) is 0. The highest BCUT2D eigenvalue weighted by atomic mass is 35.5. The molecule has 4 nitrogen and oxygen atoms in total. The fraction of sp³-hybridized carbons (Fsp3) is 0.0667. The number of benzene rings is 2. The highest BCUT2D eigenvalue weighted by molar-refractivity contribution is 6.30. The number of hydrogen-bond donors (Lipinski definition) is 1. The van der Waals surface area contributed by atoms with Crippen molar-refractivity contribution >= 4 is 11.6 Å². The van der Waals surface area contributed by atoms with Gasteiger partial charge in [0.2, 0.25) is 5.82 Å². The van der Waals surface area contributed by atoms with Gasteiger partial charge in [-0.25, -0.2) is 0 Å². The molecule has 2 aromatic carbocycles. The highest BCUT2D eigenvalue weighted by Gasteiger charge is 2.10. The van der Waals surface area contributed by atoms with Gasteiger partial charge in [0.1, 0.15) is 0 Å². The van der Waals surface area contributed by atoms with E-state index in [1.54, 1.807) is 12.1 Å². The van der Waals surface area contributed by atoms with E-state index in [9.17, 15) is 0 Å². The average molecular weight is 322 g/mol. The van der Waals surface area contributed by atoms with Crippen LogP contribution in [0.5, 0.6) is 0 Å². The molecule has 3 rings (SSSR count). The fourth-order valence-electron chi connectivity index (χ4n) is 1.87. The first-order chi connectivity index (χ1) is 9.76. The summed E-state index contributed by atoms with van der Waals surface area (Å²) in [6.07, 6.45) is 0. The lowest BCUT2D eigenvalue weighted by Crippen LogP contribution is -3.00. The van der Waals surface area contributed by atoms with E-state index in [0.717, 1.165) is 17.7 Å². The van der Waals surface area contributed by atoms with E-state index in [2.05, 4.69) is 15.9 Å². The van der Waals surface area contributed by atoms with Gasteiger partial charge in [-0.05, 0) is 36.4 Å². The number of quaternary nitrogens is 1. The average Bonchev–Trinajstić information content (AvgIpc) is 2.98. The minimum absolute atomic E-state index is 0. The lowest BCUT2D eigenvalue weighted by molar-refractivity contribution is -0.386. The molecular formula is C15H13Cl2N3O. The third-order valence-electron chi connectivity index (χ3n) is 3.02. The molecule has 0 atom stereocenters. The summed E-state index contributed by atoms with van der Waals surface area (Å²) in [5.41, 5.74) is 6.79. The molecule has 0 saturated heterocycles. The molecule has 0 spiro atoms. The van der Waals surface area contributed by atoms with Crippen LogP contribution in [0.2, 0.25) is 5.02 Å². The van der Waals surface area contributed by atoms with Crippen LogP contribution in [0.25, 0.3) is 22.8 Å². The summed E-state index contributed by atoms with van der Waals surface area (Å²) in [6, 6.07) is 15.3. The monoisotopic (exact) mass is 321 g/mol. The molecule has 0 amide bonds. The molecule has 6 heteroatoms. The lowest BCUT2D eigenvalue weighted by atomic mass is 10.1. The Morgan fingerprint density at radius 1 is 0.952 bits per heavy atom. The number of hydrogen-bond acceptors (Lipinski definition) is 3. The van der Waals surface area contributed by atoms with Gasteiger partial charge in [-0.15, -0.1) is 0 Å². The Kier molecular flexibility index (Phi) is 4.96. The number of aromatic nitrogens is 2. The zero-order valence-corrected chi connectivity index (χ0v) is 12.6. The molecule has 0 radical (unpaired) electrons. The van der Waals surface area contributed by atoms with E-state index in [1.807, 2.05) is 36.4 Å². The minimum Gasteiger partial charge on any atom is -1.00 e. The van der Waals surface area contributed by atoms with E-state index in [4.69, 9.17) is 16.1 Å². The summed E-state index contributed by atoms with van der Waals surface area (Å²) in [5.74, 6) is 1.06. The predicted octanol–water partition coefficient (Wildman–Crippen LogP) is -0.197. The van der Waals surface area contributed by atoms with E-state index in [0.29, 0.717) is 16.7 Å². The summed E-state index contributed by atoms with van der Waals surface area (Å²) < 4.78 is 5.30. The summed E-state index contributed by atoms with van der Waals surface area (Å²) in [4.78, 5) is 4.40. The summed E-state index contributed by atoms with van der Waals surface area (Å²) in [6.45, 7) is 0.764. The molecule has 0 aliphatic rings. The van der Waals surface area contributed by atoms with Crippen molar-refractivity contribution in [2.24, 2.45) is 0 Å². The van der Waals surface area contributed by atoms with Gasteiger partial charge in [0.15, 0.2) is 0 Å². The van der Waals surface area contributed by atoms with Crippen molar-refractivity contribution < 1.29 is 22.7 Å². The predicted molar refractivity (Wildman–Crippen MR) is 76.8 cm³/mol. The summed E-state index contributed by atoms with van der Waals surface area (Å²) in [5, 5.41) is 4.68. The second-order valence-corrected chi connectivity index (χ2v) is 4.81. The highest BCUT2D eigenvalue weighted by Crippen LogP contribution is 2.23. The SMILES string of the molecule is [Cl-].[NH3+]Cc1ccc(-c2nc(-c3ccc(Cl)cc3)no2)cc1. The summed E-state index contributed by atoms with van der Waals surface area (Å²) >= 11 is 5.86. The van der Waals surface area contributed by atoms with Crippen LogP contribution in [0.4, 0.5) is 0 Å². The Balaban J connectivity index is 0.00000161. The van der Waals surface area contributed by atoms with Crippen LogP contribution in [0.3, 0.4) is 0 Å². The van der Waals surface area contributed by atoms with E-state index < -0.39 is 0 Å². The van der Waals surface area contributed by atoms with Gasteiger partial charge >= 0.3 is 0 Å². The quantitative estimate of drug-likeness (QED) is 0.726. The third-order valence-corrected chi connectivity index (χ3v) is 3.27. The molecule has 108 valence electrons. The first kappa shape index (κ1) is 15.5. The maximum atomic E-state index is 5.86. The zero-order chi connectivity index (χ0) is 13.9. The maximum absolute atomic E-state index is 5.86. The van der Waals surface area contributed by atoms with Crippen LogP contribution in [-0.4, -0.2) is 10.1 Å². The van der Waals surface area contributed by atoms with Gasteiger partial charge in [-0.3, -0.25) is 0 Å². The standard InChI is InChI=1S/C15H12ClN3O.ClH/c16-13-7-5-11(6-8-13)14-18-15(20-19-14)12-3-1-10(9-17)2-4-12;/h1-8H,9,17H2;1H. The van der Waals surface area contributed by atoms with Crippen molar-refractivity contribution in [1.82, 2.24) is 10.1 Å². The molecule has 0 saturated carbocycles. The van der Waals surface area contributed by atoms with E-state index in [1.165, 1.54) is 5.56 Å². The van der Waals surface area contributed by atoms with E-state index >= 15 is 0 Å². The molecule has 21 heavy (non-hydrogen) atoms. The topological polar surface area (TPSA) is 66.6 Å². The number of rotatable bonds is 3. The molecule has 1 aromatic heterocycles. The van der Waals surface area contributed by atoms with Crippen LogP contribution in [-0.2, 0) is 6.54 Å². The molecule has 3 aromatic rings. The van der Waals surface area contributed by atoms with Gasteiger partial charge in [0.25, 0.3) is 5.89 Å². The van der Waals surface area contributed by atoms with Gasteiger partial charge in [-0.1, -0.05) is 28.9 Å². The fourth-order valence-corrected chi connectivity index (χ4v) is 2.00. The molecule has 3 N–H and O–H groups in total. The smallest absolute Gasteiger partial charge is 0.258 e. The van der Waals surface area contributed by atoms with Gasteiger partial charge in [-0.2, -0.15) is 4.98 Å². The molecule has 0 unspecified atom stereocenters. The molecule has 0 fully saturated rings. The second-order valence-electron chi connectivity index (χ2n) is 4.38. The number of nitrogens with zero attached hydrogens (tertiary/aromatic N) is 2. The molecular weight excluding hydrogens is 309 g/mol.